The van der Waals surface area contributed by atoms with Crippen molar-refractivity contribution in [3.63, 3.8) is 0 Å². The number of aromatic amines is 1. The van der Waals surface area contributed by atoms with E-state index in [1.165, 1.54) is 0 Å². The SMILES string of the molecule is CN1CCN(c2nc(O)c(Br)c(=O)[nH]2)CC1. The Morgan fingerprint density at radius 3 is 2.56 bits per heavy atom. The molecule has 0 saturated carbocycles. The van der Waals surface area contributed by atoms with Gasteiger partial charge in [0.05, 0.1) is 0 Å². The van der Waals surface area contributed by atoms with E-state index in [1.54, 1.807) is 0 Å². The molecule has 2 rings (SSSR count). The zero-order valence-electron chi connectivity index (χ0n) is 8.90. The van der Waals surface area contributed by atoms with Crippen LogP contribution in [0.4, 0.5) is 5.95 Å². The Labute approximate surface area is 101 Å². The molecule has 2 heterocycles. The summed E-state index contributed by atoms with van der Waals surface area (Å²) in [5.74, 6) is 0.163. The standard InChI is InChI=1S/C9H13BrN4O2/c1-13-2-4-14(5-3-13)9-11-7(15)6(10)8(16)12-9/h2-5H2,1H3,(H2,11,12,15,16). The molecule has 1 aliphatic rings. The lowest BCUT2D eigenvalue weighted by atomic mass is 10.3. The molecule has 88 valence electrons. The Morgan fingerprint density at radius 1 is 1.38 bits per heavy atom. The third-order valence-electron chi connectivity index (χ3n) is 2.64. The van der Waals surface area contributed by atoms with Gasteiger partial charge in [0, 0.05) is 26.2 Å². The fourth-order valence-corrected chi connectivity index (χ4v) is 1.79. The smallest absolute Gasteiger partial charge is 0.270 e. The minimum atomic E-state index is -0.360. The lowest BCUT2D eigenvalue weighted by Gasteiger charge is -2.32. The van der Waals surface area contributed by atoms with Crippen LogP contribution in [0.5, 0.6) is 5.88 Å². The molecule has 7 heteroatoms. The predicted octanol–water partition coefficient (Wildman–Crippen LogP) is -0.0102. The number of aromatic nitrogens is 2. The summed E-state index contributed by atoms with van der Waals surface area (Å²) in [5.41, 5.74) is -0.360. The van der Waals surface area contributed by atoms with E-state index in [1.807, 2.05) is 11.9 Å². The van der Waals surface area contributed by atoms with Crippen LogP contribution in [0, 0.1) is 0 Å². The summed E-state index contributed by atoms with van der Waals surface area (Å²) in [5, 5.41) is 9.45. The van der Waals surface area contributed by atoms with Crippen molar-refractivity contribution < 1.29 is 5.11 Å². The van der Waals surface area contributed by atoms with Gasteiger partial charge in [0.15, 0.2) is 0 Å². The molecule has 0 amide bonds. The second-order valence-electron chi connectivity index (χ2n) is 3.82. The number of aromatic hydroxyl groups is 1. The summed E-state index contributed by atoms with van der Waals surface area (Å²) in [6.07, 6.45) is 0. The first-order chi connectivity index (χ1) is 7.58. The van der Waals surface area contributed by atoms with Gasteiger partial charge in [-0.3, -0.25) is 9.78 Å². The van der Waals surface area contributed by atoms with Gasteiger partial charge in [-0.2, -0.15) is 4.98 Å². The molecule has 1 saturated heterocycles. The zero-order valence-corrected chi connectivity index (χ0v) is 10.5. The Balaban J connectivity index is 2.24. The molecule has 16 heavy (non-hydrogen) atoms. The van der Waals surface area contributed by atoms with Crippen molar-refractivity contribution in [3.8, 4) is 5.88 Å². The van der Waals surface area contributed by atoms with Crippen LogP contribution in [0.2, 0.25) is 0 Å². The molecule has 1 fully saturated rings. The first kappa shape index (κ1) is 11.4. The highest BCUT2D eigenvalue weighted by molar-refractivity contribution is 9.10. The van der Waals surface area contributed by atoms with Crippen LogP contribution in [0.1, 0.15) is 0 Å². The number of rotatable bonds is 1. The summed E-state index contributed by atoms with van der Waals surface area (Å²) in [7, 11) is 2.05. The fraction of sp³-hybridized carbons (Fsp3) is 0.556. The molecule has 1 aromatic heterocycles. The van der Waals surface area contributed by atoms with Crippen LogP contribution in [0.15, 0.2) is 9.27 Å². The van der Waals surface area contributed by atoms with Gasteiger partial charge in [0.1, 0.15) is 4.47 Å². The third-order valence-corrected chi connectivity index (χ3v) is 3.35. The molecule has 0 unspecified atom stereocenters. The molecule has 1 aromatic rings. The third kappa shape index (κ3) is 2.19. The van der Waals surface area contributed by atoms with E-state index < -0.39 is 0 Å². The molecule has 0 spiro atoms. The number of H-pyrrole nitrogens is 1. The average Bonchev–Trinajstić information content (AvgIpc) is 2.26. The van der Waals surface area contributed by atoms with Gasteiger partial charge in [-0.25, -0.2) is 0 Å². The van der Waals surface area contributed by atoms with Crippen LogP contribution >= 0.6 is 15.9 Å². The van der Waals surface area contributed by atoms with Gasteiger partial charge in [0.2, 0.25) is 11.8 Å². The monoisotopic (exact) mass is 288 g/mol. The summed E-state index contributed by atoms with van der Waals surface area (Å²) < 4.78 is 0.0744. The number of hydrogen-bond acceptors (Lipinski definition) is 5. The number of hydrogen-bond donors (Lipinski definition) is 2. The number of halogens is 1. The molecule has 2 N–H and O–H groups in total. The summed E-state index contributed by atoms with van der Waals surface area (Å²) in [6, 6.07) is 0. The highest BCUT2D eigenvalue weighted by Crippen LogP contribution is 2.18. The molecule has 0 aromatic carbocycles. The quantitative estimate of drug-likeness (QED) is 0.761. The first-order valence-corrected chi connectivity index (χ1v) is 5.79. The maximum absolute atomic E-state index is 11.4. The highest BCUT2D eigenvalue weighted by Gasteiger charge is 2.18. The maximum Gasteiger partial charge on any atom is 0.270 e. The van der Waals surface area contributed by atoms with Gasteiger partial charge in [-0.05, 0) is 23.0 Å². The Hall–Kier alpha value is -1.08. The van der Waals surface area contributed by atoms with Crippen LogP contribution < -0.4 is 10.5 Å². The van der Waals surface area contributed by atoms with Crippen LogP contribution in [-0.4, -0.2) is 53.2 Å². The Morgan fingerprint density at radius 2 is 2.00 bits per heavy atom. The summed E-state index contributed by atoms with van der Waals surface area (Å²) in [6.45, 7) is 3.42. The first-order valence-electron chi connectivity index (χ1n) is 5.00. The number of anilines is 1. The van der Waals surface area contributed by atoms with E-state index in [0.29, 0.717) is 5.95 Å². The van der Waals surface area contributed by atoms with Crippen molar-refractivity contribution in [2.24, 2.45) is 0 Å². The van der Waals surface area contributed by atoms with Crippen molar-refractivity contribution in [1.82, 2.24) is 14.9 Å². The summed E-state index contributed by atoms with van der Waals surface area (Å²) >= 11 is 2.96. The highest BCUT2D eigenvalue weighted by atomic mass is 79.9. The van der Waals surface area contributed by atoms with E-state index in [9.17, 15) is 9.90 Å². The molecular formula is C9H13BrN4O2. The molecule has 0 bridgehead atoms. The average molecular weight is 289 g/mol. The van der Waals surface area contributed by atoms with Gasteiger partial charge in [0.25, 0.3) is 5.56 Å². The van der Waals surface area contributed by atoms with Crippen LogP contribution in [0.25, 0.3) is 0 Å². The number of nitrogens with zero attached hydrogens (tertiary/aromatic N) is 3. The Bertz CT molecular complexity index is 440. The zero-order chi connectivity index (χ0) is 11.7. The van der Waals surface area contributed by atoms with Gasteiger partial charge < -0.3 is 14.9 Å². The number of likely N-dealkylation sites (N-methyl/N-ethyl adjacent to an activating group) is 1. The van der Waals surface area contributed by atoms with E-state index in [2.05, 4.69) is 30.8 Å². The number of piperazine rings is 1. The predicted molar refractivity (Wildman–Crippen MR) is 63.9 cm³/mol. The van der Waals surface area contributed by atoms with E-state index in [4.69, 9.17) is 0 Å². The van der Waals surface area contributed by atoms with E-state index in [-0.39, 0.29) is 15.9 Å². The maximum atomic E-state index is 11.4. The van der Waals surface area contributed by atoms with Crippen molar-refractivity contribution in [1.29, 1.82) is 0 Å². The van der Waals surface area contributed by atoms with Crippen molar-refractivity contribution in [2.45, 2.75) is 0 Å². The topological polar surface area (TPSA) is 72.5 Å². The Kier molecular flexibility index (Phi) is 3.15. The summed E-state index contributed by atoms with van der Waals surface area (Å²) in [4.78, 5) is 22.2. The van der Waals surface area contributed by atoms with Crippen molar-refractivity contribution >= 4 is 21.9 Å². The van der Waals surface area contributed by atoms with Gasteiger partial charge in [-0.1, -0.05) is 0 Å². The second-order valence-corrected chi connectivity index (χ2v) is 4.61. The molecular weight excluding hydrogens is 276 g/mol. The fourth-order valence-electron chi connectivity index (χ4n) is 1.60. The second kappa shape index (κ2) is 4.42. The van der Waals surface area contributed by atoms with Crippen LogP contribution in [0.3, 0.4) is 0 Å². The van der Waals surface area contributed by atoms with Crippen LogP contribution in [-0.2, 0) is 0 Å². The number of nitrogens with one attached hydrogen (secondary N) is 1. The largest absolute Gasteiger partial charge is 0.492 e. The molecule has 0 radical (unpaired) electrons. The minimum Gasteiger partial charge on any atom is -0.492 e. The van der Waals surface area contributed by atoms with Crippen molar-refractivity contribution in [2.75, 3.05) is 38.1 Å². The normalized spacial score (nSPS) is 17.8. The molecule has 6 nitrogen and oxygen atoms in total. The molecule has 1 aliphatic heterocycles. The van der Waals surface area contributed by atoms with E-state index >= 15 is 0 Å². The molecule has 0 atom stereocenters. The van der Waals surface area contributed by atoms with Crippen molar-refractivity contribution in [3.05, 3.63) is 14.8 Å². The van der Waals surface area contributed by atoms with E-state index in [0.717, 1.165) is 26.2 Å². The lowest BCUT2D eigenvalue weighted by molar-refractivity contribution is 0.310. The van der Waals surface area contributed by atoms with Gasteiger partial charge >= 0.3 is 0 Å². The molecule has 0 aliphatic carbocycles. The minimum absolute atomic E-state index is 0.0744. The lowest BCUT2D eigenvalue weighted by Crippen LogP contribution is -2.45. The van der Waals surface area contributed by atoms with Gasteiger partial charge in [-0.15, -0.1) is 0 Å².